The third-order valence-corrected chi connectivity index (χ3v) is 8.33. The first-order chi connectivity index (χ1) is 23.1. The van der Waals surface area contributed by atoms with Crippen molar-refractivity contribution in [2.45, 2.75) is 158 Å². The number of carboxylic acids is 4. The van der Waals surface area contributed by atoms with Crippen molar-refractivity contribution in [2.24, 2.45) is 29.1 Å². The van der Waals surface area contributed by atoms with E-state index in [4.69, 9.17) is 40.9 Å². The van der Waals surface area contributed by atoms with Crippen LogP contribution in [0.4, 0.5) is 0 Å². The van der Waals surface area contributed by atoms with Crippen LogP contribution in [-0.4, -0.2) is 91.2 Å². The second-order valence-corrected chi connectivity index (χ2v) is 12.5. The predicted molar refractivity (Wildman–Crippen MR) is 195 cm³/mol. The van der Waals surface area contributed by atoms with Gasteiger partial charge in [-0.25, -0.2) is 0 Å². The number of hydrogen-bond acceptors (Lipinski definition) is 8. The fourth-order valence-corrected chi connectivity index (χ4v) is 4.11. The first kappa shape index (κ1) is 56.1. The van der Waals surface area contributed by atoms with Gasteiger partial charge in [-0.15, -0.1) is 0 Å². The molecule has 4 unspecified atom stereocenters. The molecule has 0 saturated heterocycles. The highest BCUT2D eigenvalue weighted by Crippen LogP contribution is 2.14. The van der Waals surface area contributed by atoms with Crippen molar-refractivity contribution in [3.63, 3.8) is 0 Å². The van der Waals surface area contributed by atoms with Gasteiger partial charge in [-0.2, -0.15) is 0 Å². The summed E-state index contributed by atoms with van der Waals surface area (Å²) in [7, 11) is 0. The molecule has 0 radical (unpaired) electrons. The average Bonchev–Trinajstić information content (AvgIpc) is 3.08. The first-order valence-electron chi connectivity index (χ1n) is 18.5. The quantitative estimate of drug-likeness (QED) is 0.0501. The molecule has 296 valence electrons. The molecule has 4 atom stereocenters. The van der Waals surface area contributed by atoms with Gasteiger partial charge in [0.25, 0.3) is 0 Å². The number of unbranched alkanes of at least 4 members (excludes halogenated alkanes) is 4. The zero-order valence-electron chi connectivity index (χ0n) is 32.2. The van der Waals surface area contributed by atoms with Crippen LogP contribution in [0.15, 0.2) is 0 Å². The lowest BCUT2D eigenvalue weighted by Gasteiger charge is -2.23. The monoisotopic (exact) mass is 713 g/mol. The fourth-order valence-electron chi connectivity index (χ4n) is 4.11. The van der Waals surface area contributed by atoms with Crippen LogP contribution in [0.1, 0.15) is 158 Å². The second-order valence-electron chi connectivity index (χ2n) is 12.5. The van der Waals surface area contributed by atoms with E-state index in [1.54, 1.807) is 0 Å². The third kappa shape index (κ3) is 35.4. The third-order valence-electron chi connectivity index (χ3n) is 8.33. The Morgan fingerprint density at radius 3 is 0.612 bits per heavy atom. The summed E-state index contributed by atoms with van der Waals surface area (Å²) >= 11 is 0. The van der Waals surface area contributed by atoms with Gasteiger partial charge in [-0.05, 0) is 51.4 Å². The standard InChI is InChI=1S/4C8H16O2.C5H12O4/c4*1-3-5-6-7(4-2)8(9)10;6-1-5(2-7,3-8)4-9/h4*7H,3-6H2,1-2H3,(H,9,10);6-9H,1-4H2. The number of carboxylic acid groups (broad SMARTS) is 4. The van der Waals surface area contributed by atoms with E-state index < -0.39 is 55.7 Å². The van der Waals surface area contributed by atoms with Gasteiger partial charge in [-0.3, -0.25) is 19.2 Å². The van der Waals surface area contributed by atoms with Gasteiger partial charge >= 0.3 is 23.9 Å². The molecule has 49 heavy (non-hydrogen) atoms. The van der Waals surface area contributed by atoms with E-state index in [1.165, 1.54) is 0 Å². The van der Waals surface area contributed by atoms with Crippen molar-refractivity contribution in [1.29, 1.82) is 0 Å². The van der Waals surface area contributed by atoms with Gasteiger partial charge in [0.15, 0.2) is 0 Å². The fraction of sp³-hybridized carbons (Fsp3) is 0.892. The van der Waals surface area contributed by atoms with Crippen molar-refractivity contribution in [3.8, 4) is 0 Å². The van der Waals surface area contributed by atoms with Gasteiger partial charge in [-0.1, -0.05) is 107 Å². The van der Waals surface area contributed by atoms with E-state index in [1.807, 2.05) is 27.7 Å². The lowest BCUT2D eigenvalue weighted by molar-refractivity contribution is -0.143. The number of aliphatic hydroxyl groups excluding tert-OH is 4. The van der Waals surface area contributed by atoms with Crippen LogP contribution >= 0.6 is 0 Å². The topological polar surface area (TPSA) is 230 Å². The van der Waals surface area contributed by atoms with Crippen LogP contribution in [-0.2, 0) is 19.2 Å². The molecule has 0 aliphatic rings. The van der Waals surface area contributed by atoms with Crippen molar-refractivity contribution in [2.75, 3.05) is 26.4 Å². The van der Waals surface area contributed by atoms with Gasteiger partial charge < -0.3 is 40.9 Å². The van der Waals surface area contributed by atoms with E-state index in [2.05, 4.69) is 27.7 Å². The minimum Gasteiger partial charge on any atom is -0.481 e. The maximum Gasteiger partial charge on any atom is 0.306 e. The predicted octanol–water partition coefficient (Wildman–Crippen LogP) is 7.09. The molecule has 8 N–H and O–H groups in total. The summed E-state index contributed by atoms with van der Waals surface area (Å²) in [6.07, 6.45) is 14.9. The van der Waals surface area contributed by atoms with Crippen molar-refractivity contribution in [3.05, 3.63) is 0 Å². The Morgan fingerprint density at radius 1 is 0.388 bits per heavy atom. The SMILES string of the molecule is CCCCC(CC)C(=O)O.CCCCC(CC)C(=O)O.CCCCC(CC)C(=O)O.CCCCC(CC)C(=O)O.OCC(CO)(CO)CO. The van der Waals surface area contributed by atoms with Crippen LogP contribution in [0.25, 0.3) is 0 Å². The highest BCUT2D eigenvalue weighted by molar-refractivity contribution is 5.70. The molecule has 12 heteroatoms. The first-order valence-corrected chi connectivity index (χ1v) is 18.5. The van der Waals surface area contributed by atoms with Crippen LogP contribution < -0.4 is 0 Å². The molecule has 0 spiro atoms. The molecule has 0 amide bonds. The molecule has 0 heterocycles. The molecular weight excluding hydrogens is 636 g/mol. The summed E-state index contributed by atoms with van der Waals surface area (Å²) < 4.78 is 0. The smallest absolute Gasteiger partial charge is 0.306 e. The minimum atomic E-state index is -1.11. The summed E-state index contributed by atoms with van der Waals surface area (Å²) in [5.41, 5.74) is -1.11. The number of rotatable bonds is 24. The second kappa shape index (κ2) is 40.2. The molecule has 0 aliphatic heterocycles. The number of aliphatic hydroxyl groups is 4. The zero-order valence-corrected chi connectivity index (χ0v) is 32.2. The Bertz CT molecular complexity index is 634. The highest BCUT2D eigenvalue weighted by Gasteiger charge is 2.26. The summed E-state index contributed by atoms with van der Waals surface area (Å²) in [4.78, 5) is 41.7. The number of hydrogen-bond donors (Lipinski definition) is 8. The molecule has 0 aromatic heterocycles. The zero-order chi connectivity index (χ0) is 39.3. The minimum absolute atomic E-state index is 0.111. The summed E-state index contributed by atoms with van der Waals surface area (Å²) in [5.74, 6) is -3.02. The Balaban J connectivity index is -0.000000165. The van der Waals surface area contributed by atoms with Gasteiger partial charge in [0.05, 0.1) is 55.5 Å². The average molecular weight is 713 g/mol. The van der Waals surface area contributed by atoms with Crippen molar-refractivity contribution in [1.82, 2.24) is 0 Å². The van der Waals surface area contributed by atoms with Gasteiger partial charge in [0.2, 0.25) is 0 Å². The molecular formula is C37H76O12. The summed E-state index contributed by atoms with van der Waals surface area (Å²) in [5, 5.41) is 68.4. The molecule has 0 aliphatic carbocycles. The van der Waals surface area contributed by atoms with Crippen LogP contribution in [0.5, 0.6) is 0 Å². The maximum absolute atomic E-state index is 10.4. The van der Waals surface area contributed by atoms with Crippen LogP contribution in [0.3, 0.4) is 0 Å². The van der Waals surface area contributed by atoms with Crippen molar-refractivity contribution < 1.29 is 60.0 Å². The highest BCUT2D eigenvalue weighted by atomic mass is 16.4. The Labute approximate surface area is 297 Å². The van der Waals surface area contributed by atoms with E-state index in [0.717, 1.165) is 103 Å². The van der Waals surface area contributed by atoms with Crippen LogP contribution in [0.2, 0.25) is 0 Å². The Hall–Kier alpha value is -2.28. The van der Waals surface area contributed by atoms with E-state index in [-0.39, 0.29) is 23.7 Å². The van der Waals surface area contributed by atoms with Crippen molar-refractivity contribution >= 4 is 23.9 Å². The van der Waals surface area contributed by atoms with Crippen LogP contribution in [0, 0.1) is 29.1 Å². The molecule has 0 aromatic rings. The molecule has 0 saturated carbocycles. The number of carbonyl (C=O) groups is 4. The molecule has 12 nitrogen and oxygen atoms in total. The lowest BCUT2D eigenvalue weighted by atomic mass is 9.93. The van der Waals surface area contributed by atoms with Gasteiger partial charge in [0, 0.05) is 0 Å². The normalized spacial score (nSPS) is 12.8. The number of aliphatic carboxylic acids is 4. The Kier molecular flexibility index (Phi) is 46.0. The molecule has 0 bridgehead atoms. The van der Waals surface area contributed by atoms with E-state index in [0.29, 0.717) is 0 Å². The summed E-state index contributed by atoms with van der Waals surface area (Å²) in [6, 6.07) is 0. The molecule has 0 fully saturated rings. The molecule has 0 rings (SSSR count). The van der Waals surface area contributed by atoms with E-state index >= 15 is 0 Å². The lowest BCUT2D eigenvalue weighted by Crippen LogP contribution is -2.37. The Morgan fingerprint density at radius 2 is 0.551 bits per heavy atom. The van der Waals surface area contributed by atoms with Gasteiger partial charge in [0.1, 0.15) is 0 Å². The van der Waals surface area contributed by atoms with E-state index in [9.17, 15) is 19.2 Å². The summed E-state index contributed by atoms with van der Waals surface area (Å²) in [6.45, 7) is 14.4. The maximum atomic E-state index is 10.4. The largest absolute Gasteiger partial charge is 0.481 e. The molecule has 0 aromatic carbocycles.